The molecule has 2 aromatic rings. The fraction of sp³-hybridized carbons (Fsp3) is 0.231. The predicted molar refractivity (Wildman–Crippen MR) is 74.2 cm³/mol. The average Bonchev–Trinajstić information content (AvgIpc) is 2.71. The van der Waals surface area contributed by atoms with Gasteiger partial charge in [0.25, 0.3) is 0 Å². The molecule has 0 aliphatic heterocycles. The van der Waals surface area contributed by atoms with Crippen LogP contribution in [0.25, 0.3) is 0 Å². The van der Waals surface area contributed by atoms with Crippen LogP contribution >= 0.6 is 23.4 Å². The molecule has 0 unspecified atom stereocenters. The summed E-state index contributed by atoms with van der Waals surface area (Å²) in [7, 11) is 0. The van der Waals surface area contributed by atoms with E-state index in [0.29, 0.717) is 5.02 Å². The van der Waals surface area contributed by atoms with Gasteiger partial charge in [0.05, 0.1) is 22.2 Å². The van der Waals surface area contributed by atoms with E-state index in [4.69, 9.17) is 16.0 Å². The molecule has 2 nitrogen and oxygen atoms in total. The molecule has 0 bridgehead atoms. The van der Waals surface area contributed by atoms with Crippen LogP contribution in [0.5, 0.6) is 0 Å². The number of rotatable bonds is 4. The van der Waals surface area contributed by atoms with Gasteiger partial charge in [0.2, 0.25) is 0 Å². The van der Waals surface area contributed by atoms with Crippen LogP contribution in [0.3, 0.4) is 0 Å². The summed E-state index contributed by atoms with van der Waals surface area (Å²) in [5.41, 5.74) is 2.81. The normalized spacial score (nSPS) is 10.5. The number of hydrogen-bond acceptors (Lipinski definition) is 3. The van der Waals surface area contributed by atoms with Crippen LogP contribution in [0.1, 0.15) is 11.3 Å². The topological polar surface area (TPSA) is 25.2 Å². The molecule has 0 amide bonds. The largest absolute Gasteiger partial charge is 0.455 e. The van der Waals surface area contributed by atoms with Crippen LogP contribution in [0.4, 0.5) is 11.4 Å². The fourth-order valence-corrected chi connectivity index (χ4v) is 2.19. The van der Waals surface area contributed by atoms with E-state index in [1.807, 2.05) is 37.4 Å². The highest BCUT2D eigenvalue weighted by Crippen LogP contribution is 2.27. The van der Waals surface area contributed by atoms with Crippen LogP contribution in [0, 0.1) is 13.2 Å². The van der Waals surface area contributed by atoms with Crippen molar-refractivity contribution in [2.75, 3.05) is 11.6 Å². The monoisotopic (exact) mass is 266 g/mol. The first-order valence-corrected chi connectivity index (χ1v) is 6.98. The number of anilines is 2. The Balaban J connectivity index is 2.13. The van der Waals surface area contributed by atoms with Gasteiger partial charge in [-0.05, 0) is 30.9 Å². The highest BCUT2D eigenvalue weighted by atomic mass is 35.5. The van der Waals surface area contributed by atoms with Crippen molar-refractivity contribution in [1.82, 2.24) is 0 Å². The maximum atomic E-state index is 6.14. The minimum atomic E-state index is 0.700. The van der Waals surface area contributed by atoms with Crippen LogP contribution in [0.15, 0.2) is 28.7 Å². The molecule has 17 heavy (non-hydrogen) atoms. The molecule has 0 spiro atoms. The van der Waals surface area contributed by atoms with E-state index in [9.17, 15) is 0 Å². The lowest BCUT2D eigenvalue weighted by atomic mass is 10.2. The lowest BCUT2D eigenvalue weighted by Crippen LogP contribution is -1.89. The van der Waals surface area contributed by atoms with E-state index in [1.165, 1.54) is 0 Å². The summed E-state index contributed by atoms with van der Waals surface area (Å²) in [6, 6.07) is 7.82. The number of furan rings is 1. The van der Waals surface area contributed by atoms with Gasteiger partial charge in [-0.3, -0.25) is 0 Å². The van der Waals surface area contributed by atoms with Crippen molar-refractivity contribution in [2.24, 2.45) is 0 Å². The minimum Gasteiger partial charge on any atom is -0.455 e. The Morgan fingerprint density at radius 2 is 2.24 bits per heavy atom. The first kappa shape index (κ1) is 12.4. The van der Waals surface area contributed by atoms with E-state index in [1.54, 1.807) is 11.8 Å². The van der Waals surface area contributed by atoms with Gasteiger partial charge in [-0.25, -0.2) is 0 Å². The molecule has 1 radical (unpaired) electrons. The third kappa shape index (κ3) is 3.20. The molecule has 2 rings (SSSR count). The van der Waals surface area contributed by atoms with Crippen molar-refractivity contribution in [2.45, 2.75) is 12.7 Å². The lowest BCUT2D eigenvalue weighted by molar-refractivity contribution is 0.523. The third-order valence-corrected chi connectivity index (χ3v) is 3.16. The Morgan fingerprint density at radius 3 is 2.94 bits per heavy atom. The van der Waals surface area contributed by atoms with Crippen molar-refractivity contribution in [3.63, 3.8) is 0 Å². The number of halogens is 1. The number of aryl methyl sites for hydroxylation is 1. The summed E-state index contributed by atoms with van der Waals surface area (Å²) < 4.78 is 5.29. The molecule has 89 valence electrons. The Morgan fingerprint density at radius 1 is 1.41 bits per heavy atom. The van der Waals surface area contributed by atoms with Crippen molar-refractivity contribution in [3.8, 4) is 0 Å². The zero-order valence-electron chi connectivity index (χ0n) is 9.71. The Hall–Kier alpha value is -1.06. The van der Waals surface area contributed by atoms with Crippen LogP contribution in [-0.2, 0) is 5.75 Å². The minimum absolute atomic E-state index is 0.700. The van der Waals surface area contributed by atoms with Gasteiger partial charge in [0.15, 0.2) is 6.26 Å². The number of thioether (sulfide) groups is 1. The standard InChI is InChI=1S/C13H13ClNOS/c1-9-3-4-13(12(14)5-9)15-10-6-11(8-17-2)16-7-10/h3-6,15H,8H2,1-2H3. The quantitative estimate of drug-likeness (QED) is 0.872. The molecule has 0 saturated carbocycles. The SMILES string of the molecule is CSCc1cc(Nc2ccc(C)cc2Cl)[c]o1. The van der Waals surface area contributed by atoms with E-state index >= 15 is 0 Å². The van der Waals surface area contributed by atoms with Crippen molar-refractivity contribution < 1.29 is 4.42 Å². The van der Waals surface area contributed by atoms with E-state index in [2.05, 4.69) is 11.6 Å². The highest BCUT2D eigenvalue weighted by molar-refractivity contribution is 7.97. The summed E-state index contributed by atoms with van der Waals surface area (Å²) in [4.78, 5) is 0. The van der Waals surface area contributed by atoms with Gasteiger partial charge >= 0.3 is 0 Å². The molecular formula is C13H13ClNOS. The summed E-state index contributed by atoms with van der Waals surface area (Å²) in [5.74, 6) is 1.75. The van der Waals surface area contributed by atoms with E-state index in [-0.39, 0.29) is 0 Å². The molecule has 0 aliphatic rings. The Kier molecular flexibility index (Phi) is 4.02. The van der Waals surface area contributed by atoms with Crippen molar-refractivity contribution in [1.29, 1.82) is 0 Å². The molecule has 4 heteroatoms. The molecular weight excluding hydrogens is 254 g/mol. The van der Waals surface area contributed by atoms with Crippen LogP contribution < -0.4 is 5.32 Å². The average molecular weight is 267 g/mol. The van der Waals surface area contributed by atoms with Gasteiger partial charge in [-0.1, -0.05) is 17.7 Å². The molecule has 0 saturated heterocycles. The van der Waals surface area contributed by atoms with Crippen LogP contribution in [0.2, 0.25) is 5.02 Å². The molecule has 1 heterocycles. The number of benzene rings is 1. The smallest absolute Gasteiger partial charge is 0.195 e. The first-order valence-electron chi connectivity index (χ1n) is 5.21. The van der Waals surface area contributed by atoms with Gasteiger partial charge in [0.1, 0.15) is 5.76 Å². The fourth-order valence-electron chi connectivity index (χ4n) is 1.48. The van der Waals surface area contributed by atoms with Gasteiger partial charge in [-0.2, -0.15) is 11.8 Å². The Labute approximate surface area is 110 Å². The predicted octanol–water partition coefficient (Wildman–Crippen LogP) is 4.65. The van der Waals surface area contributed by atoms with E-state index in [0.717, 1.165) is 28.5 Å². The second-order valence-corrected chi connectivity index (χ2v) is 5.04. The molecule has 1 N–H and O–H groups in total. The molecule has 1 aromatic carbocycles. The second kappa shape index (κ2) is 5.52. The van der Waals surface area contributed by atoms with Gasteiger partial charge in [0, 0.05) is 6.07 Å². The van der Waals surface area contributed by atoms with E-state index < -0.39 is 0 Å². The second-order valence-electron chi connectivity index (χ2n) is 3.77. The molecule has 0 atom stereocenters. The van der Waals surface area contributed by atoms with Gasteiger partial charge in [-0.15, -0.1) is 0 Å². The highest BCUT2D eigenvalue weighted by Gasteiger charge is 2.05. The third-order valence-electron chi connectivity index (χ3n) is 2.28. The summed E-state index contributed by atoms with van der Waals surface area (Å²) in [6.45, 7) is 2.01. The number of nitrogens with one attached hydrogen (secondary N) is 1. The maximum Gasteiger partial charge on any atom is 0.195 e. The van der Waals surface area contributed by atoms with Crippen molar-refractivity contribution in [3.05, 3.63) is 46.9 Å². The molecule has 0 fully saturated rings. The zero-order valence-corrected chi connectivity index (χ0v) is 11.3. The summed E-state index contributed by atoms with van der Waals surface area (Å²) >= 11 is 7.85. The zero-order chi connectivity index (χ0) is 12.3. The molecule has 0 aliphatic carbocycles. The lowest BCUT2D eigenvalue weighted by Gasteiger charge is -2.05. The summed E-state index contributed by atoms with van der Waals surface area (Å²) in [6.07, 6.45) is 4.86. The number of hydrogen-bond donors (Lipinski definition) is 1. The first-order chi connectivity index (χ1) is 8.19. The summed E-state index contributed by atoms with van der Waals surface area (Å²) in [5, 5.41) is 3.89. The van der Waals surface area contributed by atoms with Crippen LogP contribution in [-0.4, -0.2) is 6.26 Å². The Bertz CT molecular complexity index is 510. The molecule has 1 aromatic heterocycles. The van der Waals surface area contributed by atoms with Crippen molar-refractivity contribution >= 4 is 34.7 Å². The maximum absolute atomic E-state index is 6.14. The van der Waals surface area contributed by atoms with Gasteiger partial charge < -0.3 is 9.73 Å².